The lowest BCUT2D eigenvalue weighted by atomic mass is 9.82. The first kappa shape index (κ1) is 20.8. The van der Waals surface area contributed by atoms with E-state index < -0.39 is 0 Å². The Morgan fingerprint density at radius 1 is 1.32 bits per heavy atom. The van der Waals surface area contributed by atoms with Crippen molar-refractivity contribution in [1.29, 1.82) is 5.41 Å². The Hall–Kier alpha value is -2.28. The molecule has 8 heteroatoms. The highest BCUT2D eigenvalue weighted by Crippen LogP contribution is 2.32. The Kier molecular flexibility index (Phi) is 8.21. The lowest BCUT2D eigenvalue weighted by Crippen LogP contribution is -2.36. The second-order valence-electron chi connectivity index (χ2n) is 5.96. The van der Waals surface area contributed by atoms with E-state index in [0.717, 1.165) is 25.7 Å². The van der Waals surface area contributed by atoms with Crippen molar-refractivity contribution >= 4 is 30.6 Å². The first-order valence-corrected chi connectivity index (χ1v) is 7.96. The summed E-state index contributed by atoms with van der Waals surface area (Å²) in [4.78, 5) is 23.1. The first-order chi connectivity index (χ1) is 11.5. The van der Waals surface area contributed by atoms with Gasteiger partial charge >= 0.3 is 5.97 Å². The minimum Gasteiger partial charge on any atom is -0.493 e. The van der Waals surface area contributed by atoms with Gasteiger partial charge in [-0.05, 0) is 49.8 Å². The summed E-state index contributed by atoms with van der Waals surface area (Å²) in [7, 11) is 1.47. The smallest absolute Gasteiger partial charge is 0.314 e. The maximum absolute atomic E-state index is 12.3. The zero-order valence-electron chi connectivity index (χ0n) is 14.1. The van der Waals surface area contributed by atoms with Gasteiger partial charge in [0.25, 0.3) is 0 Å². The summed E-state index contributed by atoms with van der Waals surface area (Å²) in [6, 6.07) is 4.70. The van der Waals surface area contributed by atoms with E-state index in [9.17, 15) is 9.59 Å². The normalized spacial score (nSPS) is 19.2. The number of esters is 1. The molecule has 0 bridgehead atoms. The van der Waals surface area contributed by atoms with Crippen LogP contribution >= 0.6 is 12.4 Å². The monoisotopic (exact) mass is 369 g/mol. The summed E-state index contributed by atoms with van der Waals surface area (Å²) in [6.45, 7) is 0.665. The summed E-state index contributed by atoms with van der Waals surface area (Å²) in [5, 5.41) is 10.00. The minimum atomic E-state index is -0.273. The molecule has 1 aromatic carbocycles. The molecule has 0 heterocycles. The Balaban J connectivity index is 0.00000312. The number of hydrogen-bond acceptors (Lipinski definition) is 5. The van der Waals surface area contributed by atoms with Crippen LogP contribution < -0.4 is 20.5 Å². The Bertz CT molecular complexity index is 616. The van der Waals surface area contributed by atoms with Crippen molar-refractivity contribution < 1.29 is 19.1 Å². The fraction of sp³-hybridized carbons (Fsp3) is 0.471. The van der Waals surface area contributed by atoms with Crippen molar-refractivity contribution in [3.8, 4) is 11.5 Å². The largest absolute Gasteiger partial charge is 0.493 e. The predicted molar refractivity (Wildman–Crippen MR) is 96.6 cm³/mol. The van der Waals surface area contributed by atoms with E-state index in [-0.39, 0.29) is 30.3 Å². The van der Waals surface area contributed by atoms with E-state index in [1.807, 2.05) is 0 Å². The van der Waals surface area contributed by atoms with Crippen molar-refractivity contribution in [2.24, 2.45) is 17.6 Å². The molecule has 2 rings (SSSR count). The fourth-order valence-corrected chi connectivity index (χ4v) is 2.89. The van der Waals surface area contributed by atoms with Crippen LogP contribution in [-0.2, 0) is 4.79 Å². The van der Waals surface area contributed by atoms with E-state index >= 15 is 0 Å². The van der Waals surface area contributed by atoms with Crippen LogP contribution in [0.2, 0.25) is 0 Å². The molecule has 1 saturated carbocycles. The number of ether oxygens (including phenoxy) is 2. The summed E-state index contributed by atoms with van der Waals surface area (Å²) in [5.41, 5.74) is 5.75. The number of guanidine groups is 1. The van der Waals surface area contributed by atoms with Crippen LogP contribution in [0, 0.1) is 17.2 Å². The zero-order valence-corrected chi connectivity index (χ0v) is 14.9. The summed E-state index contributed by atoms with van der Waals surface area (Å²) in [5.74, 6) is 0.668. The lowest BCUT2D eigenvalue weighted by Gasteiger charge is -2.27. The van der Waals surface area contributed by atoms with Crippen molar-refractivity contribution in [2.45, 2.75) is 25.7 Å². The van der Waals surface area contributed by atoms with Gasteiger partial charge in [-0.1, -0.05) is 0 Å². The third-order valence-corrected chi connectivity index (χ3v) is 4.30. The second kappa shape index (κ2) is 9.88. The molecular formula is C17H24ClN3O4. The van der Waals surface area contributed by atoms with Gasteiger partial charge in [0.15, 0.2) is 17.5 Å². The van der Waals surface area contributed by atoms with Crippen LogP contribution in [0.4, 0.5) is 0 Å². The van der Waals surface area contributed by atoms with E-state index in [2.05, 4.69) is 5.32 Å². The van der Waals surface area contributed by atoms with Gasteiger partial charge in [-0.25, -0.2) is 0 Å². The molecule has 1 aliphatic rings. The zero-order chi connectivity index (χ0) is 17.5. The van der Waals surface area contributed by atoms with Crippen LogP contribution in [0.5, 0.6) is 11.5 Å². The number of carbonyl (C=O) groups is 2. The van der Waals surface area contributed by atoms with Gasteiger partial charge in [-0.2, -0.15) is 0 Å². The molecule has 0 amide bonds. The van der Waals surface area contributed by atoms with Crippen molar-refractivity contribution in [2.75, 3.05) is 13.7 Å². The molecule has 0 unspecified atom stereocenters. The van der Waals surface area contributed by atoms with Crippen molar-refractivity contribution in [1.82, 2.24) is 5.32 Å². The molecule has 25 heavy (non-hydrogen) atoms. The van der Waals surface area contributed by atoms with Gasteiger partial charge < -0.3 is 20.5 Å². The standard InChI is InChI=1S/C17H23N3O4.ClH/c1-23-15-8-12(10-21)4-7-14(15)24-16(22)13-5-2-11(3-6-13)9-20-17(18)19;/h4,7-8,10-11,13H,2-3,5-6,9H2,1H3,(H4,18,19,20);1H. The molecule has 0 atom stereocenters. The van der Waals surface area contributed by atoms with Gasteiger partial charge in [-0.3, -0.25) is 15.0 Å². The number of nitrogens with one attached hydrogen (secondary N) is 2. The van der Waals surface area contributed by atoms with Gasteiger partial charge in [0.05, 0.1) is 13.0 Å². The molecule has 0 spiro atoms. The van der Waals surface area contributed by atoms with Crippen LogP contribution in [0.15, 0.2) is 18.2 Å². The quantitative estimate of drug-likeness (QED) is 0.232. The van der Waals surface area contributed by atoms with Gasteiger partial charge in [-0.15, -0.1) is 12.4 Å². The highest BCUT2D eigenvalue weighted by atomic mass is 35.5. The minimum absolute atomic E-state index is 0. The molecule has 0 aromatic heterocycles. The van der Waals surface area contributed by atoms with E-state index in [0.29, 0.717) is 35.8 Å². The highest BCUT2D eigenvalue weighted by molar-refractivity contribution is 5.85. The number of methoxy groups -OCH3 is 1. The number of halogens is 1. The molecule has 0 aliphatic heterocycles. The number of hydrogen-bond donors (Lipinski definition) is 3. The average molecular weight is 370 g/mol. The van der Waals surface area contributed by atoms with Gasteiger partial charge in [0.1, 0.15) is 6.29 Å². The third kappa shape index (κ3) is 5.94. The number of aldehydes is 1. The Labute approximate surface area is 153 Å². The van der Waals surface area contributed by atoms with E-state index in [4.69, 9.17) is 20.6 Å². The first-order valence-electron chi connectivity index (χ1n) is 7.96. The second-order valence-corrected chi connectivity index (χ2v) is 5.96. The van der Waals surface area contributed by atoms with Gasteiger partial charge in [0, 0.05) is 12.1 Å². The van der Waals surface area contributed by atoms with Crippen LogP contribution in [0.3, 0.4) is 0 Å². The van der Waals surface area contributed by atoms with Crippen LogP contribution in [0.1, 0.15) is 36.0 Å². The Morgan fingerprint density at radius 3 is 2.56 bits per heavy atom. The average Bonchev–Trinajstić information content (AvgIpc) is 2.60. The molecule has 1 fully saturated rings. The fourth-order valence-electron chi connectivity index (χ4n) is 2.89. The van der Waals surface area contributed by atoms with Crippen molar-refractivity contribution in [3.05, 3.63) is 23.8 Å². The van der Waals surface area contributed by atoms with E-state index in [1.165, 1.54) is 7.11 Å². The number of nitrogens with two attached hydrogens (primary N) is 1. The molecule has 1 aromatic rings. The molecule has 4 N–H and O–H groups in total. The molecule has 7 nitrogen and oxygen atoms in total. The van der Waals surface area contributed by atoms with Crippen LogP contribution in [-0.4, -0.2) is 31.9 Å². The topological polar surface area (TPSA) is 114 Å². The van der Waals surface area contributed by atoms with Crippen molar-refractivity contribution in [3.63, 3.8) is 0 Å². The van der Waals surface area contributed by atoms with Crippen LogP contribution in [0.25, 0.3) is 0 Å². The number of carbonyl (C=O) groups excluding carboxylic acids is 2. The molecule has 1 aliphatic carbocycles. The predicted octanol–water partition coefficient (Wildman–Crippen LogP) is 2.12. The maximum atomic E-state index is 12.3. The maximum Gasteiger partial charge on any atom is 0.314 e. The van der Waals surface area contributed by atoms with E-state index in [1.54, 1.807) is 18.2 Å². The lowest BCUT2D eigenvalue weighted by molar-refractivity contribution is -0.140. The SMILES string of the molecule is COc1cc(C=O)ccc1OC(=O)C1CCC(CNC(=N)N)CC1.Cl. The molecular weight excluding hydrogens is 346 g/mol. The molecule has 0 saturated heterocycles. The summed E-state index contributed by atoms with van der Waals surface area (Å²) in [6.07, 6.45) is 3.99. The Morgan fingerprint density at radius 2 is 2.00 bits per heavy atom. The molecule has 0 radical (unpaired) electrons. The number of rotatable bonds is 6. The third-order valence-electron chi connectivity index (χ3n) is 4.30. The molecule has 138 valence electrons. The number of benzene rings is 1. The highest BCUT2D eigenvalue weighted by Gasteiger charge is 2.28. The summed E-state index contributed by atoms with van der Waals surface area (Å²) >= 11 is 0. The summed E-state index contributed by atoms with van der Waals surface area (Å²) < 4.78 is 10.6. The van der Waals surface area contributed by atoms with Gasteiger partial charge in [0.2, 0.25) is 0 Å².